The van der Waals surface area contributed by atoms with Crippen LogP contribution in [0.3, 0.4) is 0 Å². The highest BCUT2D eigenvalue weighted by molar-refractivity contribution is 7.98. The summed E-state index contributed by atoms with van der Waals surface area (Å²) >= 11 is 1.56. The van der Waals surface area contributed by atoms with Crippen molar-refractivity contribution >= 4 is 39.1 Å². The maximum atomic E-state index is 12.4. The number of anilines is 2. The molecule has 0 atom stereocenters. The fourth-order valence-electron chi connectivity index (χ4n) is 2.33. The van der Waals surface area contributed by atoms with Crippen molar-refractivity contribution in [1.29, 1.82) is 0 Å². The first-order valence-electron chi connectivity index (χ1n) is 7.98. The van der Waals surface area contributed by atoms with Crippen molar-refractivity contribution in [3.63, 3.8) is 0 Å². The predicted molar refractivity (Wildman–Crippen MR) is 107 cm³/mol. The normalized spacial score (nSPS) is 11.0. The van der Waals surface area contributed by atoms with E-state index in [1.807, 2.05) is 31.4 Å². The molecule has 2 rings (SSSR count). The summed E-state index contributed by atoms with van der Waals surface area (Å²) in [5.41, 5.74) is 1.00. The average Bonchev–Trinajstić information content (AvgIpc) is 2.59. The van der Waals surface area contributed by atoms with Crippen LogP contribution >= 0.6 is 11.8 Å². The molecule has 0 aliphatic rings. The molecule has 1 N–H and O–H groups in total. The van der Waals surface area contributed by atoms with E-state index in [1.165, 1.54) is 0 Å². The lowest BCUT2D eigenvalue weighted by Crippen LogP contribution is -2.37. The summed E-state index contributed by atoms with van der Waals surface area (Å²) in [6.07, 6.45) is 3.01. The Morgan fingerprint density at radius 3 is 2.58 bits per heavy atom. The zero-order valence-corrected chi connectivity index (χ0v) is 16.6. The highest BCUT2D eigenvalue weighted by Gasteiger charge is 2.21. The molecule has 2 aromatic carbocycles. The van der Waals surface area contributed by atoms with E-state index in [4.69, 9.17) is 4.74 Å². The van der Waals surface area contributed by atoms with Gasteiger partial charge in [-0.1, -0.05) is 12.1 Å². The van der Waals surface area contributed by atoms with Crippen LogP contribution in [0.15, 0.2) is 53.4 Å². The van der Waals surface area contributed by atoms with Gasteiger partial charge in [0.15, 0.2) is 0 Å². The zero-order chi connectivity index (χ0) is 19.2. The monoisotopic (exact) mass is 394 g/mol. The summed E-state index contributed by atoms with van der Waals surface area (Å²) in [7, 11) is -3.64. The minimum Gasteiger partial charge on any atom is -0.494 e. The number of rotatable bonds is 8. The van der Waals surface area contributed by atoms with Gasteiger partial charge in [0.2, 0.25) is 15.9 Å². The Hall–Kier alpha value is -2.19. The number of nitrogens with zero attached hydrogens (tertiary/aromatic N) is 1. The Morgan fingerprint density at radius 2 is 1.92 bits per heavy atom. The molecule has 0 aliphatic carbocycles. The highest BCUT2D eigenvalue weighted by atomic mass is 32.2. The highest BCUT2D eigenvalue weighted by Crippen LogP contribution is 2.24. The molecule has 0 bridgehead atoms. The molecule has 0 fully saturated rings. The third-order valence-corrected chi connectivity index (χ3v) is 5.32. The van der Waals surface area contributed by atoms with Crippen LogP contribution < -0.4 is 14.4 Å². The van der Waals surface area contributed by atoms with Crippen molar-refractivity contribution in [3.05, 3.63) is 48.5 Å². The molecular formula is C18H22N2O4S2. The lowest BCUT2D eigenvalue weighted by molar-refractivity contribution is -0.114. The van der Waals surface area contributed by atoms with E-state index in [0.29, 0.717) is 23.7 Å². The number of carbonyl (C=O) groups excluding carboxylic acids is 1. The van der Waals surface area contributed by atoms with Crippen molar-refractivity contribution < 1.29 is 17.9 Å². The van der Waals surface area contributed by atoms with Gasteiger partial charge in [0, 0.05) is 16.6 Å². The number of nitrogens with one attached hydrogen (secondary N) is 1. The smallest absolute Gasteiger partial charge is 0.245 e. The van der Waals surface area contributed by atoms with E-state index in [0.717, 1.165) is 15.5 Å². The van der Waals surface area contributed by atoms with E-state index in [9.17, 15) is 13.2 Å². The molecular weight excluding hydrogens is 372 g/mol. The molecule has 26 heavy (non-hydrogen) atoms. The number of ether oxygens (including phenoxy) is 1. The number of carbonyl (C=O) groups is 1. The van der Waals surface area contributed by atoms with Crippen molar-refractivity contribution in [3.8, 4) is 5.75 Å². The first-order chi connectivity index (χ1) is 12.3. The van der Waals surface area contributed by atoms with E-state index in [2.05, 4.69) is 5.32 Å². The Balaban J connectivity index is 2.20. The topological polar surface area (TPSA) is 75.7 Å². The molecule has 0 heterocycles. The average molecular weight is 395 g/mol. The van der Waals surface area contributed by atoms with Crippen LogP contribution in [0, 0.1) is 0 Å². The molecule has 0 radical (unpaired) electrons. The van der Waals surface area contributed by atoms with Gasteiger partial charge in [-0.3, -0.25) is 9.10 Å². The summed E-state index contributed by atoms with van der Waals surface area (Å²) < 4.78 is 30.9. The van der Waals surface area contributed by atoms with Crippen LogP contribution in [0.4, 0.5) is 11.4 Å². The minimum absolute atomic E-state index is 0.322. The van der Waals surface area contributed by atoms with Crippen molar-refractivity contribution in [2.24, 2.45) is 0 Å². The molecule has 0 saturated carbocycles. The molecule has 1 amide bonds. The lowest BCUT2D eigenvalue weighted by Gasteiger charge is -2.22. The van der Waals surface area contributed by atoms with E-state index < -0.39 is 15.9 Å². The number of thioether (sulfide) groups is 1. The van der Waals surface area contributed by atoms with Gasteiger partial charge < -0.3 is 10.1 Å². The first-order valence-corrected chi connectivity index (χ1v) is 11.0. The van der Waals surface area contributed by atoms with Crippen LogP contribution in [-0.4, -0.2) is 40.0 Å². The third kappa shape index (κ3) is 5.67. The van der Waals surface area contributed by atoms with Crippen LogP contribution in [0.5, 0.6) is 5.75 Å². The lowest BCUT2D eigenvalue weighted by atomic mass is 10.3. The van der Waals surface area contributed by atoms with Crippen molar-refractivity contribution in [2.75, 3.05) is 35.3 Å². The second kappa shape index (κ2) is 8.95. The molecule has 140 valence electrons. The molecule has 0 unspecified atom stereocenters. The molecule has 0 spiro atoms. The summed E-state index contributed by atoms with van der Waals surface area (Å²) in [6.45, 7) is 1.99. The second-order valence-electron chi connectivity index (χ2n) is 5.48. The van der Waals surface area contributed by atoms with E-state index in [1.54, 1.807) is 42.1 Å². The Kier molecular flexibility index (Phi) is 6.93. The Labute approximate surface area is 158 Å². The first kappa shape index (κ1) is 20.1. The quantitative estimate of drug-likeness (QED) is 0.696. The molecule has 6 nitrogen and oxygen atoms in total. The van der Waals surface area contributed by atoms with Crippen LogP contribution in [-0.2, 0) is 14.8 Å². The van der Waals surface area contributed by atoms with Crippen LogP contribution in [0.2, 0.25) is 0 Å². The zero-order valence-electron chi connectivity index (χ0n) is 14.9. The van der Waals surface area contributed by atoms with Crippen LogP contribution in [0.1, 0.15) is 6.92 Å². The molecule has 0 aromatic heterocycles. The Morgan fingerprint density at radius 1 is 1.19 bits per heavy atom. The molecule has 0 aliphatic heterocycles. The standard InChI is InChI=1S/C18H22N2O4S2/c1-4-24-16-9-6-8-15(12-16)20(26(3,22)23)13-18(21)19-14-7-5-10-17(11-14)25-2/h5-12H,4,13H2,1-3H3,(H,19,21). The second-order valence-corrected chi connectivity index (χ2v) is 8.27. The molecule has 8 heteroatoms. The van der Waals surface area contributed by atoms with E-state index >= 15 is 0 Å². The number of amides is 1. The van der Waals surface area contributed by atoms with Crippen LogP contribution in [0.25, 0.3) is 0 Å². The Bertz CT molecular complexity index is 869. The molecule has 2 aromatic rings. The summed E-state index contributed by atoms with van der Waals surface area (Å²) in [6, 6.07) is 14.0. The SMILES string of the molecule is CCOc1cccc(N(CC(=O)Nc2cccc(SC)c2)S(C)(=O)=O)c1. The maximum Gasteiger partial charge on any atom is 0.245 e. The maximum absolute atomic E-state index is 12.4. The number of hydrogen-bond donors (Lipinski definition) is 1. The third-order valence-electron chi connectivity index (χ3n) is 3.46. The number of sulfonamides is 1. The van der Waals surface area contributed by atoms with Gasteiger partial charge in [-0.25, -0.2) is 8.42 Å². The number of benzene rings is 2. The van der Waals surface area contributed by atoms with Gasteiger partial charge >= 0.3 is 0 Å². The molecule has 0 saturated heterocycles. The summed E-state index contributed by atoms with van der Waals surface area (Å²) in [4.78, 5) is 13.4. The van der Waals surface area contributed by atoms with Gasteiger partial charge in [0.25, 0.3) is 0 Å². The fourth-order valence-corrected chi connectivity index (χ4v) is 3.63. The van der Waals surface area contributed by atoms with Gasteiger partial charge in [0.1, 0.15) is 12.3 Å². The summed E-state index contributed by atoms with van der Waals surface area (Å²) in [5, 5.41) is 2.74. The predicted octanol–water partition coefficient (Wildman–Crippen LogP) is 3.21. The minimum atomic E-state index is -3.64. The van der Waals surface area contributed by atoms with Crippen molar-refractivity contribution in [2.45, 2.75) is 11.8 Å². The summed E-state index contributed by atoms with van der Waals surface area (Å²) in [5.74, 6) is 0.127. The van der Waals surface area contributed by atoms with Gasteiger partial charge in [-0.15, -0.1) is 11.8 Å². The largest absolute Gasteiger partial charge is 0.494 e. The van der Waals surface area contributed by atoms with Gasteiger partial charge in [-0.05, 0) is 43.5 Å². The van der Waals surface area contributed by atoms with Gasteiger partial charge in [0.05, 0.1) is 18.6 Å². The van der Waals surface area contributed by atoms with E-state index in [-0.39, 0.29) is 6.54 Å². The number of hydrogen-bond acceptors (Lipinski definition) is 5. The van der Waals surface area contributed by atoms with Crippen molar-refractivity contribution in [1.82, 2.24) is 0 Å². The fraction of sp³-hybridized carbons (Fsp3) is 0.278. The van der Waals surface area contributed by atoms with Gasteiger partial charge in [-0.2, -0.15) is 0 Å².